The first kappa shape index (κ1) is 14.3. The number of nitrogens with zero attached hydrogens (tertiary/aromatic N) is 3. The van der Waals surface area contributed by atoms with Crippen LogP contribution in [-0.2, 0) is 0 Å². The monoisotopic (exact) mass is 287 g/mol. The van der Waals surface area contributed by atoms with Crippen molar-refractivity contribution in [2.24, 2.45) is 0 Å². The standard InChI is InChI=1S/C17H22FN3/c18-17-12-16(5-4-14(17)13-19)21-10-6-15(7-11-21)20-8-2-1-3-9-20/h4-5,12,15H,1-3,6-11H2. The first-order chi connectivity index (χ1) is 10.3. The Labute approximate surface area is 126 Å². The minimum atomic E-state index is -0.409. The van der Waals surface area contributed by atoms with E-state index in [1.54, 1.807) is 6.07 Å². The van der Waals surface area contributed by atoms with Crippen molar-refractivity contribution >= 4 is 5.69 Å². The smallest absolute Gasteiger partial charge is 0.143 e. The average molecular weight is 287 g/mol. The molecule has 1 aromatic carbocycles. The largest absolute Gasteiger partial charge is 0.371 e. The third-order valence-electron chi connectivity index (χ3n) is 4.81. The number of nitriles is 1. The summed E-state index contributed by atoms with van der Waals surface area (Å²) < 4.78 is 13.7. The van der Waals surface area contributed by atoms with Crippen molar-refractivity contribution in [1.82, 2.24) is 4.90 Å². The Morgan fingerprint density at radius 1 is 1.05 bits per heavy atom. The molecule has 0 bridgehead atoms. The third kappa shape index (κ3) is 3.19. The van der Waals surface area contributed by atoms with Crippen LogP contribution in [0.5, 0.6) is 0 Å². The summed E-state index contributed by atoms with van der Waals surface area (Å²) in [4.78, 5) is 4.88. The zero-order valence-electron chi connectivity index (χ0n) is 12.4. The molecule has 112 valence electrons. The fourth-order valence-electron chi connectivity index (χ4n) is 3.56. The number of rotatable bonds is 2. The van der Waals surface area contributed by atoms with E-state index in [9.17, 15) is 4.39 Å². The summed E-state index contributed by atoms with van der Waals surface area (Å²) in [6.45, 7) is 4.45. The van der Waals surface area contributed by atoms with Gasteiger partial charge in [0.15, 0.2) is 0 Å². The average Bonchev–Trinajstić information content (AvgIpc) is 2.56. The SMILES string of the molecule is N#Cc1ccc(N2CCC(N3CCCCC3)CC2)cc1F. The first-order valence-corrected chi connectivity index (χ1v) is 7.96. The van der Waals surface area contributed by atoms with Gasteiger partial charge in [-0.15, -0.1) is 0 Å². The lowest BCUT2D eigenvalue weighted by Gasteiger charge is -2.41. The summed E-state index contributed by atoms with van der Waals surface area (Å²) in [5.41, 5.74) is 1.03. The fourth-order valence-corrected chi connectivity index (χ4v) is 3.56. The van der Waals surface area contributed by atoms with Gasteiger partial charge >= 0.3 is 0 Å². The van der Waals surface area contributed by atoms with Crippen LogP contribution in [0.25, 0.3) is 0 Å². The normalized spacial score (nSPS) is 21.2. The van der Waals surface area contributed by atoms with E-state index < -0.39 is 5.82 Å². The lowest BCUT2D eigenvalue weighted by Crippen LogP contribution is -2.46. The number of likely N-dealkylation sites (tertiary alicyclic amines) is 1. The van der Waals surface area contributed by atoms with Crippen LogP contribution in [0.1, 0.15) is 37.7 Å². The number of benzene rings is 1. The van der Waals surface area contributed by atoms with Gasteiger partial charge in [0.05, 0.1) is 5.56 Å². The highest BCUT2D eigenvalue weighted by Gasteiger charge is 2.25. The van der Waals surface area contributed by atoms with E-state index in [1.165, 1.54) is 38.4 Å². The van der Waals surface area contributed by atoms with E-state index in [-0.39, 0.29) is 5.56 Å². The summed E-state index contributed by atoms with van der Waals surface area (Å²) in [5.74, 6) is -0.409. The van der Waals surface area contributed by atoms with Crippen molar-refractivity contribution in [3.05, 3.63) is 29.6 Å². The molecule has 2 aliphatic heterocycles. The van der Waals surface area contributed by atoms with Gasteiger partial charge in [0, 0.05) is 24.8 Å². The van der Waals surface area contributed by atoms with E-state index in [0.717, 1.165) is 31.6 Å². The Morgan fingerprint density at radius 2 is 1.76 bits per heavy atom. The number of hydrogen-bond donors (Lipinski definition) is 0. The zero-order valence-corrected chi connectivity index (χ0v) is 12.4. The molecule has 2 saturated heterocycles. The molecular weight excluding hydrogens is 265 g/mol. The van der Waals surface area contributed by atoms with Crippen LogP contribution in [0.4, 0.5) is 10.1 Å². The summed E-state index contributed by atoms with van der Waals surface area (Å²) in [7, 11) is 0. The maximum absolute atomic E-state index is 13.7. The molecule has 0 unspecified atom stereocenters. The minimum absolute atomic E-state index is 0.127. The molecule has 2 fully saturated rings. The number of piperidine rings is 2. The molecule has 0 radical (unpaired) electrons. The molecule has 0 N–H and O–H groups in total. The summed E-state index contributed by atoms with van der Waals surface area (Å²) in [6, 6.07) is 7.52. The molecule has 0 amide bonds. The van der Waals surface area contributed by atoms with Crippen LogP contribution in [0.3, 0.4) is 0 Å². The Morgan fingerprint density at radius 3 is 2.38 bits per heavy atom. The molecule has 1 aromatic rings. The summed E-state index contributed by atoms with van der Waals surface area (Å²) >= 11 is 0. The van der Waals surface area contributed by atoms with E-state index in [2.05, 4.69) is 9.80 Å². The number of halogens is 1. The molecule has 21 heavy (non-hydrogen) atoms. The second kappa shape index (κ2) is 6.44. The van der Waals surface area contributed by atoms with Crippen LogP contribution in [0.2, 0.25) is 0 Å². The molecule has 3 nitrogen and oxygen atoms in total. The van der Waals surface area contributed by atoms with Gasteiger partial charge in [-0.3, -0.25) is 0 Å². The molecule has 0 saturated carbocycles. The van der Waals surface area contributed by atoms with Crippen LogP contribution in [0, 0.1) is 17.1 Å². The fraction of sp³-hybridized carbons (Fsp3) is 0.588. The predicted octanol–water partition coefficient (Wildman–Crippen LogP) is 3.15. The molecule has 0 aliphatic carbocycles. The predicted molar refractivity (Wildman–Crippen MR) is 81.8 cm³/mol. The van der Waals surface area contributed by atoms with Gasteiger partial charge in [0.2, 0.25) is 0 Å². The van der Waals surface area contributed by atoms with E-state index in [0.29, 0.717) is 6.04 Å². The van der Waals surface area contributed by atoms with Gasteiger partial charge < -0.3 is 9.80 Å². The topological polar surface area (TPSA) is 30.3 Å². The molecule has 0 aromatic heterocycles. The third-order valence-corrected chi connectivity index (χ3v) is 4.81. The van der Waals surface area contributed by atoms with Gasteiger partial charge in [-0.1, -0.05) is 6.42 Å². The van der Waals surface area contributed by atoms with E-state index >= 15 is 0 Å². The minimum Gasteiger partial charge on any atom is -0.371 e. The van der Waals surface area contributed by atoms with Crippen molar-refractivity contribution in [3.8, 4) is 6.07 Å². The van der Waals surface area contributed by atoms with Crippen LogP contribution >= 0.6 is 0 Å². The second-order valence-electron chi connectivity index (χ2n) is 6.09. The lowest BCUT2D eigenvalue weighted by molar-refractivity contribution is 0.141. The van der Waals surface area contributed by atoms with Gasteiger partial charge in [0.1, 0.15) is 11.9 Å². The highest BCUT2D eigenvalue weighted by Crippen LogP contribution is 2.25. The quantitative estimate of drug-likeness (QED) is 0.837. The number of anilines is 1. The Kier molecular flexibility index (Phi) is 4.40. The molecule has 0 spiro atoms. The second-order valence-corrected chi connectivity index (χ2v) is 6.09. The first-order valence-electron chi connectivity index (χ1n) is 7.96. The maximum Gasteiger partial charge on any atom is 0.143 e. The van der Waals surface area contributed by atoms with Gasteiger partial charge in [0.25, 0.3) is 0 Å². The lowest BCUT2D eigenvalue weighted by atomic mass is 9.99. The van der Waals surface area contributed by atoms with Crippen molar-refractivity contribution in [1.29, 1.82) is 5.26 Å². The summed E-state index contributed by atoms with van der Waals surface area (Å²) in [6.07, 6.45) is 6.35. The van der Waals surface area contributed by atoms with Gasteiger partial charge in [-0.2, -0.15) is 5.26 Å². The summed E-state index contributed by atoms with van der Waals surface area (Å²) in [5, 5.41) is 8.79. The van der Waals surface area contributed by atoms with Crippen LogP contribution in [0.15, 0.2) is 18.2 Å². The van der Waals surface area contributed by atoms with E-state index in [1.807, 2.05) is 12.1 Å². The molecule has 0 atom stereocenters. The van der Waals surface area contributed by atoms with Gasteiger partial charge in [-0.05, 0) is 57.0 Å². The van der Waals surface area contributed by atoms with Crippen LogP contribution < -0.4 is 4.90 Å². The zero-order chi connectivity index (χ0) is 14.7. The highest BCUT2D eigenvalue weighted by atomic mass is 19.1. The van der Waals surface area contributed by atoms with Crippen molar-refractivity contribution < 1.29 is 4.39 Å². The van der Waals surface area contributed by atoms with Crippen molar-refractivity contribution in [3.63, 3.8) is 0 Å². The molecule has 3 rings (SSSR count). The Bertz CT molecular complexity index is 523. The molecule has 4 heteroatoms. The van der Waals surface area contributed by atoms with Crippen LogP contribution in [-0.4, -0.2) is 37.1 Å². The molecular formula is C17H22FN3. The molecule has 2 aliphatic rings. The highest BCUT2D eigenvalue weighted by molar-refractivity contribution is 5.50. The van der Waals surface area contributed by atoms with E-state index in [4.69, 9.17) is 5.26 Å². The van der Waals surface area contributed by atoms with Crippen molar-refractivity contribution in [2.75, 3.05) is 31.1 Å². The Balaban J connectivity index is 1.60. The van der Waals surface area contributed by atoms with Crippen molar-refractivity contribution in [2.45, 2.75) is 38.1 Å². The Hall–Kier alpha value is -1.60. The molecule has 2 heterocycles. The van der Waals surface area contributed by atoms with Gasteiger partial charge in [-0.25, -0.2) is 4.39 Å². The number of hydrogen-bond acceptors (Lipinski definition) is 3. The maximum atomic E-state index is 13.7.